The lowest BCUT2D eigenvalue weighted by molar-refractivity contribution is 0.107. The highest BCUT2D eigenvalue weighted by Crippen LogP contribution is 2.39. The molecule has 1 heterocycles. The number of hydrogen-bond acceptors (Lipinski definition) is 4. The Kier molecular flexibility index (Phi) is 6.55. The van der Waals surface area contributed by atoms with Crippen molar-refractivity contribution in [3.8, 4) is 0 Å². The fourth-order valence-electron chi connectivity index (χ4n) is 3.89. The summed E-state index contributed by atoms with van der Waals surface area (Å²) in [4.78, 5) is 13.7. The fraction of sp³-hybridized carbons (Fsp3) is 0.409. The first-order valence-electron chi connectivity index (χ1n) is 10.0. The smallest absolute Gasteiger partial charge is 0.414 e. The monoisotopic (exact) mass is 473 g/mol. The van der Waals surface area contributed by atoms with Gasteiger partial charge in [-0.15, -0.1) is 0 Å². The number of sulfone groups is 1. The van der Waals surface area contributed by atoms with Crippen LogP contribution in [0, 0.1) is 37.1 Å². The van der Waals surface area contributed by atoms with Gasteiger partial charge in [0.2, 0.25) is 0 Å². The number of anilines is 1. The minimum Gasteiger partial charge on any atom is -0.441 e. The minimum absolute atomic E-state index is 0.332. The van der Waals surface area contributed by atoms with E-state index in [0.29, 0.717) is 35.3 Å². The van der Waals surface area contributed by atoms with E-state index >= 15 is 0 Å². The molecule has 1 aliphatic heterocycles. The van der Waals surface area contributed by atoms with Crippen LogP contribution in [0.3, 0.4) is 0 Å². The van der Waals surface area contributed by atoms with E-state index < -0.39 is 67.9 Å². The molecule has 10 heteroatoms. The largest absolute Gasteiger partial charge is 0.441 e. The quantitative estimate of drug-likeness (QED) is 0.416. The van der Waals surface area contributed by atoms with Gasteiger partial charge < -0.3 is 4.74 Å². The second-order valence-corrected chi connectivity index (χ2v) is 9.92. The molecule has 0 N–H and O–H groups in total. The average molecular weight is 473 g/mol. The van der Waals surface area contributed by atoms with E-state index in [1.165, 1.54) is 11.0 Å². The highest BCUT2D eigenvalue weighted by Gasteiger charge is 2.33. The highest BCUT2D eigenvalue weighted by atomic mass is 32.2. The van der Waals surface area contributed by atoms with Crippen LogP contribution in [0.25, 0.3) is 0 Å². The van der Waals surface area contributed by atoms with Crippen LogP contribution < -0.4 is 4.90 Å². The van der Waals surface area contributed by atoms with Gasteiger partial charge >= 0.3 is 6.09 Å². The third-order valence-corrected chi connectivity index (χ3v) is 7.04. The predicted molar refractivity (Wildman–Crippen MR) is 111 cm³/mol. The Morgan fingerprint density at radius 2 is 1.56 bits per heavy atom. The third kappa shape index (κ3) is 4.20. The van der Waals surface area contributed by atoms with E-state index in [1.807, 2.05) is 6.92 Å². The zero-order valence-electron chi connectivity index (χ0n) is 18.1. The van der Waals surface area contributed by atoms with Crippen LogP contribution in [0.15, 0.2) is 12.1 Å². The molecule has 5 nitrogen and oxygen atoms in total. The predicted octanol–water partition coefficient (Wildman–Crippen LogP) is 5.40. The van der Waals surface area contributed by atoms with Crippen molar-refractivity contribution < 1.29 is 35.5 Å². The maximum atomic E-state index is 14.2. The number of carbonyl (C=O) groups excluding carboxylic acids is 1. The van der Waals surface area contributed by atoms with Gasteiger partial charge in [-0.2, -0.15) is 0 Å². The Morgan fingerprint density at radius 3 is 2.12 bits per heavy atom. The molecule has 174 valence electrons. The van der Waals surface area contributed by atoms with Gasteiger partial charge in [0.25, 0.3) is 0 Å². The first-order valence-corrected chi connectivity index (χ1v) is 11.8. The van der Waals surface area contributed by atoms with E-state index in [1.54, 1.807) is 19.9 Å². The van der Waals surface area contributed by atoms with Crippen molar-refractivity contribution >= 4 is 21.6 Å². The summed E-state index contributed by atoms with van der Waals surface area (Å²) in [6.45, 7) is 6.50. The van der Waals surface area contributed by atoms with Gasteiger partial charge in [-0.3, -0.25) is 4.90 Å². The Hall–Kier alpha value is -2.62. The van der Waals surface area contributed by atoms with E-state index in [4.69, 9.17) is 4.74 Å². The number of fused-ring (bicyclic) bond motifs is 1. The van der Waals surface area contributed by atoms with E-state index in [0.717, 1.165) is 6.92 Å². The molecule has 0 aromatic heterocycles. The van der Waals surface area contributed by atoms with Gasteiger partial charge in [0.05, 0.1) is 17.2 Å². The molecule has 0 radical (unpaired) electrons. The maximum Gasteiger partial charge on any atom is 0.414 e. The van der Waals surface area contributed by atoms with Crippen LogP contribution >= 0.6 is 0 Å². The summed E-state index contributed by atoms with van der Waals surface area (Å²) in [5, 5.41) is 0. The lowest BCUT2D eigenvalue weighted by Gasteiger charge is -2.34. The Morgan fingerprint density at radius 1 is 0.969 bits per heavy atom. The number of amides is 1. The summed E-state index contributed by atoms with van der Waals surface area (Å²) in [6, 6.07) is 3.12. The zero-order chi connectivity index (χ0) is 24.0. The van der Waals surface area contributed by atoms with E-state index in [2.05, 4.69) is 0 Å². The Labute approximate surface area is 183 Å². The molecule has 0 fully saturated rings. The van der Waals surface area contributed by atoms with Crippen molar-refractivity contribution in [2.75, 3.05) is 11.4 Å². The lowest BCUT2D eigenvalue weighted by atomic mass is 9.96. The number of carbonyl (C=O) groups is 1. The molecule has 0 saturated heterocycles. The summed E-state index contributed by atoms with van der Waals surface area (Å²) < 4.78 is 86.9. The normalized spacial score (nSPS) is 16.2. The second kappa shape index (κ2) is 8.73. The molecule has 1 aliphatic rings. The Bertz CT molecular complexity index is 1170. The van der Waals surface area contributed by atoms with Crippen molar-refractivity contribution in [3.05, 3.63) is 63.2 Å². The first-order chi connectivity index (χ1) is 14.9. The minimum atomic E-state index is -4.21. The molecule has 2 aromatic carbocycles. The third-order valence-electron chi connectivity index (χ3n) is 5.56. The van der Waals surface area contributed by atoms with Crippen LogP contribution in [-0.4, -0.2) is 21.1 Å². The molecule has 1 unspecified atom stereocenters. The number of ether oxygens (including phenoxy) is 1. The van der Waals surface area contributed by atoms with Gasteiger partial charge in [-0.1, -0.05) is 13.0 Å². The first kappa shape index (κ1) is 24.0. The zero-order valence-corrected chi connectivity index (χ0v) is 18.9. The number of cyclic esters (lactones) is 1. The number of benzene rings is 2. The summed E-state index contributed by atoms with van der Waals surface area (Å²) in [5.41, 5.74) is 0.0993. The van der Waals surface area contributed by atoms with Gasteiger partial charge in [0, 0.05) is 23.2 Å². The fourth-order valence-corrected chi connectivity index (χ4v) is 5.48. The van der Waals surface area contributed by atoms with Crippen LogP contribution in [0.2, 0.25) is 0 Å². The van der Waals surface area contributed by atoms with Crippen LogP contribution in [-0.2, 0) is 26.1 Å². The second-order valence-electron chi connectivity index (χ2n) is 7.85. The standard InChI is InChI=1S/C22H23F4NO4S/c1-5-8-27-16-7-6-14(11(2)17(16)13(4)31-22(27)28)9-32(29,30)10-15-20(25)18(23)12(3)19(24)21(15)26/h6-7,13H,5,8-10H2,1-4H3. The molecule has 0 saturated carbocycles. The van der Waals surface area contributed by atoms with E-state index in [9.17, 15) is 30.8 Å². The van der Waals surface area contributed by atoms with Crippen molar-refractivity contribution in [2.45, 2.75) is 51.7 Å². The van der Waals surface area contributed by atoms with Crippen LogP contribution in [0.1, 0.15) is 54.2 Å². The van der Waals surface area contributed by atoms with Crippen LogP contribution in [0.5, 0.6) is 0 Å². The van der Waals surface area contributed by atoms with Crippen LogP contribution in [0.4, 0.5) is 28.0 Å². The molecule has 32 heavy (non-hydrogen) atoms. The summed E-state index contributed by atoms with van der Waals surface area (Å²) in [5.74, 6) is -8.50. The van der Waals surface area contributed by atoms with Gasteiger partial charge in [-0.25, -0.2) is 30.8 Å². The van der Waals surface area contributed by atoms with Gasteiger partial charge in [0.1, 0.15) is 6.10 Å². The van der Waals surface area contributed by atoms with Gasteiger partial charge in [-0.05, 0) is 44.4 Å². The molecule has 1 atom stereocenters. The summed E-state index contributed by atoms with van der Waals surface area (Å²) in [7, 11) is -4.21. The average Bonchev–Trinajstić information content (AvgIpc) is 2.72. The number of nitrogens with zero attached hydrogens (tertiary/aromatic N) is 1. The van der Waals surface area contributed by atoms with E-state index in [-0.39, 0.29) is 0 Å². The molecule has 1 amide bonds. The molecule has 2 aromatic rings. The number of hydrogen-bond donors (Lipinski definition) is 0. The number of halogens is 4. The Balaban J connectivity index is 1.98. The molecule has 0 aliphatic carbocycles. The molecular weight excluding hydrogens is 450 g/mol. The van der Waals surface area contributed by atoms with Crippen molar-refractivity contribution in [2.24, 2.45) is 0 Å². The highest BCUT2D eigenvalue weighted by molar-refractivity contribution is 7.89. The maximum absolute atomic E-state index is 14.2. The van der Waals surface area contributed by atoms with Crippen molar-refractivity contribution in [3.63, 3.8) is 0 Å². The molecule has 0 spiro atoms. The summed E-state index contributed by atoms with van der Waals surface area (Å²) in [6.07, 6.45) is -0.441. The van der Waals surface area contributed by atoms with Gasteiger partial charge in [0.15, 0.2) is 33.1 Å². The molecular formula is C22H23F4NO4S. The summed E-state index contributed by atoms with van der Waals surface area (Å²) >= 11 is 0. The molecule has 0 bridgehead atoms. The lowest BCUT2D eigenvalue weighted by Crippen LogP contribution is -2.38. The number of rotatable bonds is 6. The van der Waals surface area contributed by atoms with Crippen molar-refractivity contribution in [1.29, 1.82) is 0 Å². The SMILES string of the molecule is CCCN1C(=O)OC(C)c2c1ccc(CS(=O)(=O)Cc1c(F)c(F)c(C)c(F)c1F)c2C. The molecule has 3 rings (SSSR count). The topological polar surface area (TPSA) is 63.7 Å². The van der Waals surface area contributed by atoms with Crippen molar-refractivity contribution in [1.82, 2.24) is 0 Å².